The lowest BCUT2D eigenvalue weighted by Gasteiger charge is -2.08. The van der Waals surface area contributed by atoms with E-state index in [-0.39, 0.29) is 5.69 Å². The van der Waals surface area contributed by atoms with Gasteiger partial charge in [-0.2, -0.15) is 0 Å². The van der Waals surface area contributed by atoms with E-state index < -0.39 is 36.4 Å². The van der Waals surface area contributed by atoms with Gasteiger partial charge in [0, 0.05) is 6.08 Å². The molecule has 2 aromatic carbocycles. The Kier molecular flexibility index (Phi) is 6.75. The fraction of sp³-hybridized carbons (Fsp3) is 0.158. The average Bonchev–Trinajstić information content (AvgIpc) is 2.60. The van der Waals surface area contributed by atoms with Crippen LogP contribution in [0.15, 0.2) is 48.5 Å². The maximum absolute atomic E-state index is 13.6. The topological polar surface area (TPSA) is 64.6 Å². The van der Waals surface area contributed by atoms with Gasteiger partial charge in [-0.25, -0.2) is 9.18 Å². The zero-order chi connectivity index (χ0) is 20.7. The van der Waals surface area contributed by atoms with Crippen molar-refractivity contribution in [2.75, 3.05) is 11.9 Å². The number of anilines is 1. The number of ether oxygens (including phenoxy) is 2. The minimum Gasteiger partial charge on any atom is -0.452 e. The lowest BCUT2D eigenvalue weighted by atomic mass is 10.2. The number of esters is 1. The fourth-order valence-corrected chi connectivity index (χ4v) is 2.04. The van der Waals surface area contributed by atoms with E-state index in [2.05, 4.69) is 10.1 Å². The van der Waals surface area contributed by atoms with Crippen LogP contribution < -0.4 is 10.1 Å². The van der Waals surface area contributed by atoms with Crippen molar-refractivity contribution in [2.24, 2.45) is 0 Å². The van der Waals surface area contributed by atoms with Gasteiger partial charge < -0.3 is 14.8 Å². The number of amides is 1. The van der Waals surface area contributed by atoms with Gasteiger partial charge in [0.05, 0.1) is 5.69 Å². The largest absolute Gasteiger partial charge is 0.573 e. The second-order valence-corrected chi connectivity index (χ2v) is 5.59. The third kappa shape index (κ3) is 7.10. The Bertz CT molecular complexity index is 876. The predicted molar refractivity (Wildman–Crippen MR) is 92.9 cm³/mol. The molecule has 148 valence electrons. The molecule has 0 fully saturated rings. The van der Waals surface area contributed by atoms with Crippen molar-refractivity contribution in [3.63, 3.8) is 0 Å². The number of carbonyl (C=O) groups excluding carboxylic acids is 2. The first-order valence-electron chi connectivity index (χ1n) is 7.89. The Morgan fingerprint density at radius 3 is 2.39 bits per heavy atom. The van der Waals surface area contributed by atoms with Crippen LogP contribution >= 0.6 is 0 Å². The molecule has 0 aliphatic carbocycles. The predicted octanol–water partition coefficient (Wildman–Crippen LogP) is 4.23. The standard InChI is InChI=1S/C19H15F4NO4/c1-12-2-8-16(15(20)10-12)24-17(25)11-27-18(26)9-5-13-3-6-14(7-4-13)28-19(21,22)23/h2-10H,11H2,1H3,(H,24,25)/b9-5+. The summed E-state index contributed by atoms with van der Waals surface area (Å²) in [5.74, 6) is -2.59. The lowest BCUT2D eigenvalue weighted by Crippen LogP contribution is -2.20. The normalized spacial score (nSPS) is 11.3. The molecule has 0 atom stereocenters. The van der Waals surface area contributed by atoms with Crippen LogP contribution in [0.4, 0.5) is 23.2 Å². The van der Waals surface area contributed by atoms with E-state index >= 15 is 0 Å². The second kappa shape index (κ2) is 9.03. The van der Waals surface area contributed by atoms with Gasteiger partial charge in [0.25, 0.3) is 5.91 Å². The van der Waals surface area contributed by atoms with Crippen LogP contribution in [0.1, 0.15) is 11.1 Å². The van der Waals surface area contributed by atoms with E-state index in [9.17, 15) is 27.2 Å². The molecule has 0 unspecified atom stereocenters. The third-order valence-corrected chi connectivity index (χ3v) is 3.27. The monoisotopic (exact) mass is 397 g/mol. The molecule has 0 aliphatic heterocycles. The summed E-state index contributed by atoms with van der Waals surface area (Å²) in [6, 6.07) is 9.02. The van der Waals surface area contributed by atoms with Gasteiger partial charge in [0.2, 0.25) is 0 Å². The molecule has 1 N–H and O–H groups in total. The molecule has 1 amide bonds. The fourth-order valence-electron chi connectivity index (χ4n) is 2.04. The van der Waals surface area contributed by atoms with Crippen LogP contribution in [-0.2, 0) is 14.3 Å². The molecular formula is C19H15F4NO4. The van der Waals surface area contributed by atoms with Gasteiger partial charge in [0.15, 0.2) is 6.61 Å². The van der Waals surface area contributed by atoms with E-state index in [1.807, 2.05) is 0 Å². The number of hydrogen-bond acceptors (Lipinski definition) is 4. The lowest BCUT2D eigenvalue weighted by molar-refractivity contribution is -0.274. The molecule has 0 radical (unpaired) electrons. The van der Waals surface area contributed by atoms with Crippen LogP contribution in [0.2, 0.25) is 0 Å². The first-order valence-corrected chi connectivity index (χ1v) is 7.89. The molecule has 0 bridgehead atoms. The molecular weight excluding hydrogens is 382 g/mol. The van der Waals surface area contributed by atoms with Crippen molar-refractivity contribution >= 4 is 23.6 Å². The number of hydrogen-bond donors (Lipinski definition) is 1. The number of rotatable bonds is 6. The van der Waals surface area contributed by atoms with Crippen LogP contribution in [0, 0.1) is 12.7 Å². The summed E-state index contributed by atoms with van der Waals surface area (Å²) in [6.45, 7) is 1.06. The van der Waals surface area contributed by atoms with Gasteiger partial charge in [-0.15, -0.1) is 13.2 Å². The Morgan fingerprint density at radius 2 is 1.79 bits per heavy atom. The van der Waals surface area contributed by atoms with Crippen molar-refractivity contribution in [1.82, 2.24) is 0 Å². The van der Waals surface area contributed by atoms with Crippen molar-refractivity contribution in [3.8, 4) is 5.75 Å². The maximum Gasteiger partial charge on any atom is 0.573 e. The van der Waals surface area contributed by atoms with Crippen molar-refractivity contribution in [2.45, 2.75) is 13.3 Å². The van der Waals surface area contributed by atoms with E-state index in [0.29, 0.717) is 11.1 Å². The zero-order valence-electron chi connectivity index (χ0n) is 14.5. The smallest absolute Gasteiger partial charge is 0.452 e. The third-order valence-electron chi connectivity index (χ3n) is 3.27. The summed E-state index contributed by atoms with van der Waals surface area (Å²) in [4.78, 5) is 23.3. The Morgan fingerprint density at radius 1 is 1.11 bits per heavy atom. The number of benzene rings is 2. The Hall–Kier alpha value is -3.36. The molecule has 0 saturated carbocycles. The van der Waals surface area contributed by atoms with E-state index in [4.69, 9.17) is 4.74 Å². The molecule has 0 aliphatic rings. The van der Waals surface area contributed by atoms with Crippen LogP contribution in [0.5, 0.6) is 5.75 Å². The highest BCUT2D eigenvalue weighted by Crippen LogP contribution is 2.23. The Labute approximate surface area is 157 Å². The average molecular weight is 397 g/mol. The molecule has 0 saturated heterocycles. The molecule has 0 aromatic heterocycles. The summed E-state index contributed by atoms with van der Waals surface area (Å²) in [5, 5.41) is 2.27. The van der Waals surface area contributed by atoms with Gasteiger partial charge in [-0.05, 0) is 48.4 Å². The molecule has 28 heavy (non-hydrogen) atoms. The highest BCUT2D eigenvalue weighted by Gasteiger charge is 2.30. The summed E-state index contributed by atoms with van der Waals surface area (Å²) in [5.41, 5.74) is 1.06. The minimum atomic E-state index is -4.79. The van der Waals surface area contributed by atoms with Crippen molar-refractivity contribution < 1.29 is 36.6 Å². The van der Waals surface area contributed by atoms with Crippen LogP contribution in [0.25, 0.3) is 6.08 Å². The van der Waals surface area contributed by atoms with E-state index in [0.717, 1.165) is 18.2 Å². The SMILES string of the molecule is Cc1ccc(NC(=O)COC(=O)/C=C/c2ccc(OC(F)(F)F)cc2)c(F)c1. The van der Waals surface area contributed by atoms with Crippen molar-refractivity contribution in [3.05, 3.63) is 65.5 Å². The molecule has 5 nitrogen and oxygen atoms in total. The summed E-state index contributed by atoms with van der Waals surface area (Å²) >= 11 is 0. The summed E-state index contributed by atoms with van der Waals surface area (Å²) in [6.07, 6.45) is -2.50. The van der Waals surface area contributed by atoms with Gasteiger partial charge >= 0.3 is 12.3 Å². The summed E-state index contributed by atoms with van der Waals surface area (Å²) in [7, 11) is 0. The highest BCUT2D eigenvalue weighted by atomic mass is 19.4. The second-order valence-electron chi connectivity index (χ2n) is 5.59. The number of carbonyl (C=O) groups is 2. The molecule has 2 rings (SSSR count). The van der Waals surface area contributed by atoms with Crippen LogP contribution in [-0.4, -0.2) is 24.8 Å². The molecule has 2 aromatic rings. The zero-order valence-corrected chi connectivity index (χ0v) is 14.5. The first kappa shape index (κ1) is 20.9. The van der Waals surface area contributed by atoms with Crippen molar-refractivity contribution in [1.29, 1.82) is 0 Å². The molecule has 0 heterocycles. The number of halogens is 4. The van der Waals surface area contributed by atoms with Gasteiger partial charge in [0.1, 0.15) is 11.6 Å². The Balaban J connectivity index is 1.82. The molecule has 9 heteroatoms. The minimum absolute atomic E-state index is 0.0386. The molecule has 0 spiro atoms. The van der Waals surface area contributed by atoms with E-state index in [1.54, 1.807) is 13.0 Å². The highest BCUT2D eigenvalue weighted by molar-refractivity contribution is 5.94. The number of nitrogens with one attached hydrogen (secondary N) is 1. The maximum atomic E-state index is 13.6. The first-order chi connectivity index (χ1) is 13.1. The quantitative estimate of drug-likeness (QED) is 0.450. The van der Waals surface area contributed by atoms with E-state index in [1.165, 1.54) is 30.3 Å². The van der Waals surface area contributed by atoms with Gasteiger partial charge in [-0.1, -0.05) is 18.2 Å². The number of aryl methyl sites for hydroxylation is 1. The summed E-state index contributed by atoms with van der Waals surface area (Å²) < 4.78 is 58.3. The van der Waals surface area contributed by atoms with Crippen LogP contribution in [0.3, 0.4) is 0 Å². The van der Waals surface area contributed by atoms with Gasteiger partial charge in [-0.3, -0.25) is 4.79 Å². The number of alkyl halides is 3.